The van der Waals surface area contributed by atoms with Gasteiger partial charge in [0.2, 0.25) is 0 Å². The summed E-state index contributed by atoms with van der Waals surface area (Å²) in [5.74, 6) is -0.516. The first-order valence-corrected chi connectivity index (χ1v) is 11.0. The lowest BCUT2D eigenvalue weighted by Gasteiger charge is -2.34. The van der Waals surface area contributed by atoms with Crippen LogP contribution in [-0.4, -0.2) is 51.3 Å². The number of imidazole rings is 1. The summed E-state index contributed by atoms with van der Waals surface area (Å²) in [5.41, 5.74) is 4.35. The highest BCUT2D eigenvalue weighted by molar-refractivity contribution is 6.30. The molecule has 0 N–H and O–H groups in total. The van der Waals surface area contributed by atoms with Gasteiger partial charge in [-0.15, -0.1) is 0 Å². The second kappa shape index (κ2) is 8.73. The predicted molar refractivity (Wildman–Crippen MR) is 123 cm³/mol. The third-order valence-corrected chi connectivity index (χ3v) is 6.10. The zero-order chi connectivity index (χ0) is 22.1. The molecule has 1 aliphatic heterocycles. The summed E-state index contributed by atoms with van der Waals surface area (Å²) in [4.78, 5) is 21.7. The number of hydrogen-bond donors (Lipinski definition) is 0. The molecule has 0 radical (unpaired) electrons. The van der Waals surface area contributed by atoms with E-state index in [9.17, 15) is 9.18 Å². The van der Waals surface area contributed by atoms with Gasteiger partial charge in [0.25, 0.3) is 5.91 Å². The largest absolute Gasteiger partial charge is 0.336 e. The Morgan fingerprint density at radius 3 is 2.50 bits per heavy atom. The van der Waals surface area contributed by atoms with Crippen LogP contribution in [-0.2, 0) is 6.54 Å². The first-order valence-electron chi connectivity index (χ1n) is 10.6. The maximum absolute atomic E-state index is 13.5. The molecule has 4 aromatic rings. The number of carbonyl (C=O) groups excluding carboxylic acids is 1. The number of carbonyl (C=O) groups is 1. The molecule has 1 fully saturated rings. The van der Waals surface area contributed by atoms with Gasteiger partial charge >= 0.3 is 0 Å². The standard InChI is InChI=1S/C25H22ClFN4O/c26-20-9-7-18(8-10-20)24-22(31-11-2-1-6-23(31)28-24)17-29-12-14-30(15-13-29)25(32)19-4-3-5-21(27)16-19/h1-11,16H,12-15,17H2. The maximum atomic E-state index is 13.5. The van der Waals surface area contributed by atoms with Crippen molar-refractivity contribution in [3.63, 3.8) is 0 Å². The molecule has 162 valence electrons. The smallest absolute Gasteiger partial charge is 0.254 e. The van der Waals surface area contributed by atoms with Crippen LogP contribution in [0.15, 0.2) is 72.9 Å². The van der Waals surface area contributed by atoms with Crippen LogP contribution in [0.5, 0.6) is 0 Å². The minimum Gasteiger partial charge on any atom is -0.336 e. The fraction of sp³-hybridized carbons (Fsp3) is 0.200. The average molecular weight is 449 g/mol. The summed E-state index contributed by atoms with van der Waals surface area (Å²) in [6.07, 6.45) is 2.03. The number of halogens is 2. The van der Waals surface area contributed by atoms with E-state index in [-0.39, 0.29) is 5.91 Å². The molecular formula is C25H22ClFN4O. The molecule has 2 aromatic heterocycles. The van der Waals surface area contributed by atoms with Crippen LogP contribution in [0.2, 0.25) is 5.02 Å². The van der Waals surface area contributed by atoms with Gasteiger partial charge in [0.15, 0.2) is 0 Å². The lowest BCUT2D eigenvalue weighted by atomic mass is 10.1. The third kappa shape index (κ3) is 4.11. The van der Waals surface area contributed by atoms with Gasteiger partial charge in [-0.3, -0.25) is 9.69 Å². The Morgan fingerprint density at radius 2 is 1.75 bits per heavy atom. The number of aromatic nitrogens is 2. The fourth-order valence-corrected chi connectivity index (χ4v) is 4.29. The van der Waals surface area contributed by atoms with Crippen LogP contribution in [0, 0.1) is 5.82 Å². The normalized spacial score (nSPS) is 14.8. The SMILES string of the molecule is O=C(c1cccc(F)c1)N1CCN(Cc2c(-c3ccc(Cl)cc3)nc3ccccn23)CC1. The van der Waals surface area contributed by atoms with Crippen LogP contribution in [0.25, 0.3) is 16.9 Å². The van der Waals surface area contributed by atoms with Crippen molar-refractivity contribution in [3.05, 3.63) is 95.0 Å². The van der Waals surface area contributed by atoms with Crippen molar-refractivity contribution in [2.24, 2.45) is 0 Å². The van der Waals surface area contributed by atoms with Crippen molar-refractivity contribution in [1.82, 2.24) is 19.2 Å². The first kappa shape index (κ1) is 20.7. The summed E-state index contributed by atoms with van der Waals surface area (Å²) in [6, 6.07) is 19.6. The molecule has 0 atom stereocenters. The van der Waals surface area contributed by atoms with Gasteiger partial charge in [-0.1, -0.05) is 35.9 Å². The monoisotopic (exact) mass is 448 g/mol. The second-order valence-corrected chi connectivity index (χ2v) is 8.36. The van der Waals surface area contributed by atoms with E-state index < -0.39 is 5.82 Å². The molecule has 1 aliphatic rings. The number of hydrogen-bond acceptors (Lipinski definition) is 3. The van der Waals surface area contributed by atoms with Gasteiger partial charge in [0, 0.05) is 55.1 Å². The van der Waals surface area contributed by atoms with Crippen LogP contribution in [0.1, 0.15) is 16.1 Å². The van der Waals surface area contributed by atoms with E-state index in [0.29, 0.717) is 30.2 Å². The molecule has 0 bridgehead atoms. The minimum atomic E-state index is -0.392. The number of nitrogens with zero attached hydrogens (tertiary/aromatic N) is 4. The molecule has 0 saturated carbocycles. The zero-order valence-electron chi connectivity index (χ0n) is 17.4. The number of pyridine rings is 1. The van der Waals surface area contributed by atoms with Crippen LogP contribution < -0.4 is 0 Å². The molecule has 5 rings (SSSR count). The molecule has 2 aromatic carbocycles. The summed E-state index contributed by atoms with van der Waals surface area (Å²) in [5, 5.41) is 0.693. The summed E-state index contributed by atoms with van der Waals surface area (Å²) in [7, 11) is 0. The lowest BCUT2D eigenvalue weighted by Crippen LogP contribution is -2.48. The highest BCUT2D eigenvalue weighted by Gasteiger charge is 2.24. The van der Waals surface area contributed by atoms with E-state index in [4.69, 9.17) is 16.6 Å². The van der Waals surface area contributed by atoms with Crippen molar-refractivity contribution < 1.29 is 9.18 Å². The summed E-state index contributed by atoms with van der Waals surface area (Å²) >= 11 is 6.08. The van der Waals surface area contributed by atoms with E-state index in [2.05, 4.69) is 9.30 Å². The Hall–Kier alpha value is -3.22. The zero-order valence-corrected chi connectivity index (χ0v) is 18.2. The molecule has 0 spiro atoms. The van der Waals surface area contributed by atoms with Crippen LogP contribution in [0.3, 0.4) is 0 Å². The van der Waals surface area contributed by atoms with Crippen LogP contribution >= 0.6 is 11.6 Å². The Bertz CT molecular complexity index is 1260. The van der Waals surface area contributed by atoms with Gasteiger partial charge < -0.3 is 9.30 Å². The van der Waals surface area contributed by atoms with Gasteiger partial charge in [0.05, 0.1) is 11.4 Å². The molecule has 1 saturated heterocycles. The highest BCUT2D eigenvalue weighted by atomic mass is 35.5. The average Bonchev–Trinajstić information content (AvgIpc) is 3.18. The van der Waals surface area contributed by atoms with Gasteiger partial charge in [-0.2, -0.15) is 0 Å². The fourth-order valence-electron chi connectivity index (χ4n) is 4.16. The van der Waals surface area contributed by atoms with Gasteiger partial charge in [-0.25, -0.2) is 9.37 Å². The van der Waals surface area contributed by atoms with Gasteiger partial charge in [-0.05, 0) is 42.5 Å². The number of fused-ring (bicyclic) bond motifs is 1. The number of piperazine rings is 1. The molecule has 5 nitrogen and oxygen atoms in total. The van der Waals surface area contributed by atoms with Crippen LogP contribution in [0.4, 0.5) is 4.39 Å². The quantitative estimate of drug-likeness (QED) is 0.452. The Kier molecular flexibility index (Phi) is 5.64. The Balaban J connectivity index is 1.35. The van der Waals surface area contributed by atoms with Crippen molar-refractivity contribution in [3.8, 4) is 11.3 Å². The second-order valence-electron chi connectivity index (χ2n) is 7.92. The molecule has 7 heteroatoms. The van der Waals surface area contributed by atoms with E-state index in [1.807, 2.05) is 48.7 Å². The number of amides is 1. The number of benzene rings is 2. The van der Waals surface area contributed by atoms with E-state index in [1.54, 1.807) is 17.0 Å². The first-order chi connectivity index (χ1) is 15.6. The topological polar surface area (TPSA) is 40.9 Å². The minimum absolute atomic E-state index is 0.124. The molecule has 0 unspecified atom stereocenters. The molecule has 3 heterocycles. The summed E-state index contributed by atoms with van der Waals surface area (Å²) < 4.78 is 15.6. The van der Waals surface area contributed by atoms with Crippen molar-refractivity contribution >= 4 is 23.2 Å². The Morgan fingerprint density at radius 1 is 0.969 bits per heavy atom. The van der Waals surface area contributed by atoms with E-state index in [0.717, 1.165) is 35.7 Å². The molecular weight excluding hydrogens is 427 g/mol. The molecule has 0 aliphatic carbocycles. The maximum Gasteiger partial charge on any atom is 0.254 e. The lowest BCUT2D eigenvalue weighted by molar-refractivity contribution is 0.0626. The van der Waals surface area contributed by atoms with Crippen molar-refractivity contribution in [2.75, 3.05) is 26.2 Å². The van der Waals surface area contributed by atoms with Gasteiger partial charge in [0.1, 0.15) is 11.5 Å². The van der Waals surface area contributed by atoms with Crippen molar-refractivity contribution in [2.45, 2.75) is 6.54 Å². The summed E-state index contributed by atoms with van der Waals surface area (Å²) in [6.45, 7) is 3.39. The molecule has 32 heavy (non-hydrogen) atoms. The third-order valence-electron chi connectivity index (χ3n) is 5.85. The number of rotatable bonds is 4. The van der Waals surface area contributed by atoms with Crippen molar-refractivity contribution in [1.29, 1.82) is 0 Å². The predicted octanol–water partition coefficient (Wildman–Crippen LogP) is 4.75. The van der Waals surface area contributed by atoms with E-state index in [1.165, 1.54) is 12.1 Å². The highest BCUT2D eigenvalue weighted by Crippen LogP contribution is 2.27. The molecule has 1 amide bonds. The van der Waals surface area contributed by atoms with E-state index >= 15 is 0 Å². The Labute approximate surface area is 190 Å².